The predicted molar refractivity (Wildman–Crippen MR) is 70.1 cm³/mol. The van der Waals surface area contributed by atoms with Crippen LogP contribution in [-0.4, -0.2) is 24.6 Å². The van der Waals surface area contributed by atoms with Gasteiger partial charge in [0.2, 0.25) is 0 Å². The first-order chi connectivity index (χ1) is 7.79. The van der Waals surface area contributed by atoms with E-state index in [0.29, 0.717) is 0 Å². The molecule has 1 atom stereocenters. The number of nitrogens with zero attached hydrogens (tertiary/aromatic N) is 2. The van der Waals surface area contributed by atoms with Crippen molar-refractivity contribution in [3.63, 3.8) is 0 Å². The number of aromatic nitrogens is 1. The van der Waals surface area contributed by atoms with Crippen molar-refractivity contribution in [2.45, 2.75) is 33.2 Å². The highest BCUT2D eigenvalue weighted by Gasteiger charge is 2.18. The SMILES string of the molecule is CCNCc1cnc(N2CCCC(C)C2)s1. The Morgan fingerprint density at radius 3 is 3.25 bits per heavy atom. The Morgan fingerprint density at radius 2 is 2.50 bits per heavy atom. The smallest absolute Gasteiger partial charge is 0.185 e. The minimum Gasteiger partial charge on any atom is -0.348 e. The molecule has 1 N–H and O–H groups in total. The number of piperidine rings is 1. The van der Waals surface area contributed by atoms with Crippen LogP contribution < -0.4 is 10.2 Å². The van der Waals surface area contributed by atoms with Crippen LogP contribution in [0.2, 0.25) is 0 Å². The standard InChI is InChI=1S/C12H21N3S/c1-3-13-7-11-8-14-12(16-11)15-6-4-5-10(2)9-15/h8,10,13H,3-7,9H2,1-2H3. The molecule has 0 amide bonds. The number of nitrogens with one attached hydrogen (secondary N) is 1. The highest BCUT2D eigenvalue weighted by molar-refractivity contribution is 7.15. The van der Waals surface area contributed by atoms with Crippen molar-refractivity contribution in [1.82, 2.24) is 10.3 Å². The molecule has 3 nitrogen and oxygen atoms in total. The Morgan fingerprint density at radius 1 is 1.62 bits per heavy atom. The lowest BCUT2D eigenvalue weighted by Crippen LogP contribution is -2.34. The molecule has 1 fully saturated rings. The zero-order valence-corrected chi connectivity index (χ0v) is 11.0. The number of hydrogen-bond donors (Lipinski definition) is 1. The molecule has 0 spiro atoms. The summed E-state index contributed by atoms with van der Waals surface area (Å²) in [7, 11) is 0. The van der Waals surface area contributed by atoms with E-state index in [1.807, 2.05) is 17.5 Å². The summed E-state index contributed by atoms with van der Waals surface area (Å²) >= 11 is 1.83. The van der Waals surface area contributed by atoms with E-state index in [2.05, 4.69) is 29.0 Å². The van der Waals surface area contributed by atoms with Gasteiger partial charge in [-0.15, -0.1) is 11.3 Å². The third kappa shape index (κ3) is 2.95. The molecule has 1 aliphatic rings. The summed E-state index contributed by atoms with van der Waals surface area (Å²) in [5.41, 5.74) is 0. The van der Waals surface area contributed by atoms with Crippen molar-refractivity contribution in [3.05, 3.63) is 11.1 Å². The molecule has 0 aromatic carbocycles. The van der Waals surface area contributed by atoms with Gasteiger partial charge in [0.25, 0.3) is 0 Å². The summed E-state index contributed by atoms with van der Waals surface area (Å²) in [5, 5.41) is 4.55. The second-order valence-electron chi connectivity index (χ2n) is 4.58. The van der Waals surface area contributed by atoms with E-state index in [1.165, 1.54) is 35.9 Å². The maximum absolute atomic E-state index is 4.53. The lowest BCUT2D eigenvalue weighted by Gasteiger charge is -2.30. The van der Waals surface area contributed by atoms with Crippen molar-refractivity contribution < 1.29 is 0 Å². The number of thiazole rings is 1. The fourth-order valence-corrected chi connectivity index (χ4v) is 3.05. The Hall–Kier alpha value is -0.610. The Labute approximate surface area is 102 Å². The first-order valence-corrected chi connectivity index (χ1v) is 7.01. The molecule has 0 bridgehead atoms. The molecule has 0 radical (unpaired) electrons. The van der Waals surface area contributed by atoms with Gasteiger partial charge in [-0.3, -0.25) is 0 Å². The molecule has 1 saturated heterocycles. The van der Waals surface area contributed by atoms with Crippen LogP contribution in [-0.2, 0) is 6.54 Å². The van der Waals surface area contributed by atoms with Crippen LogP contribution in [0.25, 0.3) is 0 Å². The first-order valence-electron chi connectivity index (χ1n) is 6.20. The third-order valence-corrected chi connectivity index (χ3v) is 4.08. The summed E-state index contributed by atoms with van der Waals surface area (Å²) in [5.74, 6) is 0.815. The van der Waals surface area contributed by atoms with Gasteiger partial charge < -0.3 is 10.2 Å². The predicted octanol–water partition coefficient (Wildman–Crippen LogP) is 2.49. The molecule has 90 valence electrons. The van der Waals surface area contributed by atoms with Gasteiger partial charge in [-0.2, -0.15) is 0 Å². The van der Waals surface area contributed by atoms with Crippen molar-refractivity contribution in [2.75, 3.05) is 24.5 Å². The minimum atomic E-state index is 0.815. The maximum Gasteiger partial charge on any atom is 0.185 e. The quantitative estimate of drug-likeness (QED) is 0.875. The molecule has 2 heterocycles. The number of hydrogen-bond acceptors (Lipinski definition) is 4. The topological polar surface area (TPSA) is 28.2 Å². The average molecular weight is 239 g/mol. The highest BCUT2D eigenvalue weighted by Crippen LogP contribution is 2.27. The summed E-state index contributed by atoms with van der Waals surface area (Å²) in [6.45, 7) is 8.80. The summed E-state index contributed by atoms with van der Waals surface area (Å²) in [6.07, 6.45) is 4.69. The van der Waals surface area contributed by atoms with Gasteiger partial charge in [0.05, 0.1) is 0 Å². The van der Waals surface area contributed by atoms with E-state index < -0.39 is 0 Å². The highest BCUT2D eigenvalue weighted by atomic mass is 32.1. The molecule has 1 aromatic heterocycles. The fraction of sp³-hybridized carbons (Fsp3) is 0.750. The molecule has 1 aromatic rings. The maximum atomic E-state index is 4.53. The first kappa shape index (κ1) is 11.9. The van der Waals surface area contributed by atoms with Crippen LogP contribution in [0.4, 0.5) is 5.13 Å². The van der Waals surface area contributed by atoms with Crippen LogP contribution in [0.1, 0.15) is 31.6 Å². The normalized spacial score (nSPS) is 21.4. The van der Waals surface area contributed by atoms with Crippen LogP contribution in [0.15, 0.2) is 6.20 Å². The molecule has 1 unspecified atom stereocenters. The van der Waals surface area contributed by atoms with Crippen molar-refractivity contribution in [1.29, 1.82) is 0 Å². The minimum absolute atomic E-state index is 0.815. The van der Waals surface area contributed by atoms with Gasteiger partial charge in [-0.25, -0.2) is 4.98 Å². The fourth-order valence-electron chi connectivity index (χ4n) is 2.14. The molecule has 4 heteroatoms. The van der Waals surface area contributed by atoms with Gasteiger partial charge in [0.15, 0.2) is 5.13 Å². The third-order valence-electron chi connectivity index (χ3n) is 3.02. The Bertz CT molecular complexity index is 324. The molecule has 0 aliphatic carbocycles. The molecule has 2 rings (SSSR count). The van der Waals surface area contributed by atoms with Crippen molar-refractivity contribution in [2.24, 2.45) is 5.92 Å². The lowest BCUT2D eigenvalue weighted by atomic mass is 10.0. The van der Waals surface area contributed by atoms with Gasteiger partial charge >= 0.3 is 0 Å². The van der Waals surface area contributed by atoms with E-state index in [1.54, 1.807) is 0 Å². The summed E-state index contributed by atoms with van der Waals surface area (Å²) in [6, 6.07) is 0. The molecular weight excluding hydrogens is 218 g/mol. The van der Waals surface area contributed by atoms with Crippen LogP contribution in [0.5, 0.6) is 0 Å². The summed E-state index contributed by atoms with van der Waals surface area (Å²) in [4.78, 5) is 8.31. The zero-order chi connectivity index (χ0) is 11.4. The van der Waals surface area contributed by atoms with E-state index in [-0.39, 0.29) is 0 Å². The van der Waals surface area contributed by atoms with E-state index >= 15 is 0 Å². The largest absolute Gasteiger partial charge is 0.348 e. The lowest BCUT2D eigenvalue weighted by molar-refractivity contribution is 0.446. The number of anilines is 1. The summed E-state index contributed by atoms with van der Waals surface area (Å²) < 4.78 is 0. The van der Waals surface area contributed by atoms with Crippen LogP contribution in [0.3, 0.4) is 0 Å². The second-order valence-corrected chi connectivity index (χ2v) is 5.68. The van der Waals surface area contributed by atoms with E-state index in [0.717, 1.165) is 19.0 Å². The van der Waals surface area contributed by atoms with Gasteiger partial charge in [-0.05, 0) is 25.3 Å². The Kier molecular flexibility index (Phi) is 4.18. The average Bonchev–Trinajstić information content (AvgIpc) is 2.75. The van der Waals surface area contributed by atoms with Gasteiger partial charge in [0.1, 0.15) is 0 Å². The van der Waals surface area contributed by atoms with Gasteiger partial charge in [-0.1, -0.05) is 13.8 Å². The van der Waals surface area contributed by atoms with Crippen molar-refractivity contribution >= 4 is 16.5 Å². The van der Waals surface area contributed by atoms with E-state index in [4.69, 9.17) is 0 Å². The van der Waals surface area contributed by atoms with Gasteiger partial charge in [0, 0.05) is 30.7 Å². The second kappa shape index (κ2) is 5.64. The number of rotatable bonds is 4. The van der Waals surface area contributed by atoms with Crippen LogP contribution >= 0.6 is 11.3 Å². The van der Waals surface area contributed by atoms with Crippen molar-refractivity contribution in [3.8, 4) is 0 Å². The monoisotopic (exact) mass is 239 g/mol. The molecule has 16 heavy (non-hydrogen) atoms. The van der Waals surface area contributed by atoms with Crippen LogP contribution in [0, 0.1) is 5.92 Å². The van der Waals surface area contributed by atoms with E-state index in [9.17, 15) is 0 Å². The zero-order valence-electron chi connectivity index (χ0n) is 10.2. The molecule has 0 saturated carbocycles. The Balaban J connectivity index is 1.95. The molecule has 1 aliphatic heterocycles. The molecular formula is C12H21N3S.